The standard InChI is InChI=1S/C17H17F2N3O4/c1-8(2)15(22-16(24)11-7-14(23)21-9(3)20-11)10-4-5-12-13(6-10)26-17(18,19)25-12/h4-8,15H,1-3H3,(H,22,24)(H,20,21,23). The number of H-pyrrole nitrogens is 1. The van der Waals surface area contributed by atoms with Crippen molar-refractivity contribution in [2.45, 2.75) is 33.1 Å². The van der Waals surface area contributed by atoms with Gasteiger partial charge >= 0.3 is 6.29 Å². The SMILES string of the molecule is Cc1nc(C(=O)NC(c2ccc3c(c2)OC(F)(F)O3)C(C)C)cc(=O)[nH]1. The Hall–Kier alpha value is -2.97. The molecular formula is C17H17F2N3O4. The highest BCUT2D eigenvalue weighted by atomic mass is 19.3. The van der Waals surface area contributed by atoms with E-state index >= 15 is 0 Å². The average Bonchev–Trinajstić information content (AvgIpc) is 2.83. The van der Waals surface area contributed by atoms with Crippen LogP contribution in [0.2, 0.25) is 0 Å². The van der Waals surface area contributed by atoms with Gasteiger partial charge in [0, 0.05) is 6.07 Å². The molecule has 0 radical (unpaired) electrons. The Morgan fingerprint density at radius 3 is 2.58 bits per heavy atom. The normalized spacial score (nSPS) is 15.8. The van der Waals surface area contributed by atoms with E-state index in [1.807, 2.05) is 13.8 Å². The molecule has 2 N–H and O–H groups in total. The van der Waals surface area contributed by atoms with Crippen LogP contribution in [0.25, 0.3) is 0 Å². The molecule has 0 spiro atoms. The van der Waals surface area contributed by atoms with Crippen LogP contribution in [0, 0.1) is 12.8 Å². The maximum absolute atomic E-state index is 13.2. The van der Waals surface area contributed by atoms with Crippen LogP contribution in [0.4, 0.5) is 8.78 Å². The van der Waals surface area contributed by atoms with Crippen LogP contribution in [-0.2, 0) is 0 Å². The van der Waals surface area contributed by atoms with E-state index < -0.39 is 23.8 Å². The van der Waals surface area contributed by atoms with Crippen molar-refractivity contribution in [1.29, 1.82) is 0 Å². The molecule has 1 amide bonds. The first-order valence-corrected chi connectivity index (χ1v) is 7.93. The highest BCUT2D eigenvalue weighted by Gasteiger charge is 2.43. The molecule has 1 aliphatic rings. The minimum absolute atomic E-state index is 0.0239. The number of aromatic nitrogens is 2. The van der Waals surface area contributed by atoms with E-state index in [-0.39, 0.29) is 23.1 Å². The number of aromatic amines is 1. The van der Waals surface area contributed by atoms with Gasteiger partial charge in [-0.2, -0.15) is 0 Å². The molecule has 0 bridgehead atoms. The summed E-state index contributed by atoms with van der Waals surface area (Å²) in [7, 11) is 0. The highest BCUT2D eigenvalue weighted by molar-refractivity contribution is 5.92. The second-order valence-electron chi connectivity index (χ2n) is 6.28. The zero-order chi connectivity index (χ0) is 19.1. The zero-order valence-electron chi connectivity index (χ0n) is 14.3. The van der Waals surface area contributed by atoms with E-state index in [1.54, 1.807) is 13.0 Å². The van der Waals surface area contributed by atoms with Crippen molar-refractivity contribution in [1.82, 2.24) is 15.3 Å². The predicted octanol–water partition coefficient (Wildman–Crippen LogP) is 2.53. The van der Waals surface area contributed by atoms with Crippen LogP contribution in [0.3, 0.4) is 0 Å². The number of halogens is 2. The summed E-state index contributed by atoms with van der Waals surface area (Å²) in [5, 5.41) is 2.78. The first-order chi connectivity index (χ1) is 12.1. The molecule has 1 aromatic carbocycles. The predicted molar refractivity (Wildman–Crippen MR) is 87.3 cm³/mol. The van der Waals surface area contributed by atoms with Crippen LogP contribution < -0.4 is 20.3 Å². The van der Waals surface area contributed by atoms with Crippen LogP contribution in [0.15, 0.2) is 29.1 Å². The molecular weight excluding hydrogens is 348 g/mol. The molecule has 0 fully saturated rings. The number of carbonyl (C=O) groups excluding carboxylic acids is 1. The number of fused-ring (bicyclic) bond motifs is 1. The van der Waals surface area contributed by atoms with E-state index in [1.165, 1.54) is 12.1 Å². The van der Waals surface area contributed by atoms with Crippen molar-refractivity contribution in [2.75, 3.05) is 0 Å². The fourth-order valence-corrected chi connectivity index (χ4v) is 2.70. The number of hydrogen-bond acceptors (Lipinski definition) is 5. The molecule has 0 saturated heterocycles. The molecule has 138 valence electrons. The summed E-state index contributed by atoms with van der Waals surface area (Å²) in [4.78, 5) is 30.5. The average molecular weight is 365 g/mol. The second-order valence-corrected chi connectivity index (χ2v) is 6.28. The number of amides is 1. The number of nitrogens with zero attached hydrogens (tertiary/aromatic N) is 1. The number of nitrogens with one attached hydrogen (secondary N) is 2. The minimum atomic E-state index is -3.70. The fraction of sp³-hybridized carbons (Fsp3) is 0.353. The topological polar surface area (TPSA) is 93.3 Å². The summed E-state index contributed by atoms with van der Waals surface area (Å²) >= 11 is 0. The lowest BCUT2D eigenvalue weighted by molar-refractivity contribution is -0.286. The Labute approximate surface area is 147 Å². The molecule has 26 heavy (non-hydrogen) atoms. The number of ether oxygens (including phenoxy) is 2. The Kier molecular flexibility index (Phi) is 4.39. The second kappa shape index (κ2) is 6.40. The van der Waals surface area contributed by atoms with E-state index in [4.69, 9.17) is 0 Å². The van der Waals surface area contributed by atoms with Gasteiger partial charge in [-0.1, -0.05) is 19.9 Å². The molecule has 1 unspecified atom stereocenters. The number of rotatable bonds is 4. The third-order valence-corrected chi connectivity index (χ3v) is 3.83. The number of aryl methyl sites for hydroxylation is 1. The molecule has 2 heterocycles. The summed E-state index contributed by atoms with van der Waals surface area (Å²) in [6.45, 7) is 5.29. The lowest BCUT2D eigenvalue weighted by atomic mass is 9.95. The van der Waals surface area contributed by atoms with Crippen molar-refractivity contribution >= 4 is 5.91 Å². The van der Waals surface area contributed by atoms with E-state index in [2.05, 4.69) is 24.8 Å². The number of hydrogen-bond donors (Lipinski definition) is 2. The lowest BCUT2D eigenvalue weighted by Gasteiger charge is -2.23. The molecule has 1 aliphatic heterocycles. The summed E-state index contributed by atoms with van der Waals surface area (Å²) in [5.41, 5.74) is 0.105. The van der Waals surface area contributed by atoms with Crippen LogP contribution >= 0.6 is 0 Å². The molecule has 2 aromatic rings. The highest BCUT2D eigenvalue weighted by Crippen LogP contribution is 2.42. The molecule has 1 atom stereocenters. The van der Waals surface area contributed by atoms with Gasteiger partial charge in [0.25, 0.3) is 11.5 Å². The maximum Gasteiger partial charge on any atom is 0.586 e. The molecule has 0 saturated carbocycles. The molecule has 1 aromatic heterocycles. The first-order valence-electron chi connectivity index (χ1n) is 7.93. The van der Waals surface area contributed by atoms with Crippen molar-refractivity contribution in [3.05, 3.63) is 51.7 Å². The number of benzene rings is 1. The van der Waals surface area contributed by atoms with Crippen LogP contribution in [0.5, 0.6) is 11.5 Å². The van der Waals surface area contributed by atoms with Gasteiger partial charge in [-0.15, -0.1) is 8.78 Å². The van der Waals surface area contributed by atoms with E-state index in [9.17, 15) is 18.4 Å². The van der Waals surface area contributed by atoms with Gasteiger partial charge in [-0.05, 0) is 30.5 Å². The van der Waals surface area contributed by atoms with Crippen molar-refractivity contribution in [2.24, 2.45) is 5.92 Å². The fourth-order valence-electron chi connectivity index (χ4n) is 2.70. The number of carbonyl (C=O) groups is 1. The van der Waals surface area contributed by atoms with Gasteiger partial charge < -0.3 is 19.8 Å². The Morgan fingerprint density at radius 1 is 1.23 bits per heavy atom. The van der Waals surface area contributed by atoms with E-state index in [0.29, 0.717) is 11.4 Å². The zero-order valence-corrected chi connectivity index (χ0v) is 14.3. The third-order valence-electron chi connectivity index (χ3n) is 3.83. The summed E-state index contributed by atoms with van der Waals surface area (Å²) in [5.74, 6) is -0.463. The van der Waals surface area contributed by atoms with Gasteiger partial charge in [0.05, 0.1) is 6.04 Å². The Morgan fingerprint density at radius 2 is 1.92 bits per heavy atom. The van der Waals surface area contributed by atoms with Gasteiger partial charge in [0.15, 0.2) is 11.5 Å². The van der Waals surface area contributed by atoms with Crippen LogP contribution in [0.1, 0.15) is 41.8 Å². The van der Waals surface area contributed by atoms with Gasteiger partial charge in [0.2, 0.25) is 0 Å². The van der Waals surface area contributed by atoms with Crippen LogP contribution in [-0.4, -0.2) is 22.2 Å². The lowest BCUT2D eigenvalue weighted by Crippen LogP contribution is -2.33. The smallest absolute Gasteiger partial charge is 0.395 e. The summed E-state index contributed by atoms with van der Waals surface area (Å²) in [6, 6.07) is 4.93. The molecule has 3 rings (SSSR count). The number of alkyl halides is 2. The largest absolute Gasteiger partial charge is 0.586 e. The molecule has 0 aliphatic carbocycles. The Bertz CT molecular complexity index is 911. The van der Waals surface area contributed by atoms with Gasteiger partial charge in [0.1, 0.15) is 11.5 Å². The quantitative estimate of drug-likeness (QED) is 0.868. The van der Waals surface area contributed by atoms with Crippen molar-refractivity contribution in [3.8, 4) is 11.5 Å². The maximum atomic E-state index is 13.2. The van der Waals surface area contributed by atoms with Crippen molar-refractivity contribution < 1.29 is 23.0 Å². The third kappa shape index (κ3) is 3.66. The van der Waals surface area contributed by atoms with Gasteiger partial charge in [-0.25, -0.2) is 4.98 Å². The molecule has 9 heteroatoms. The summed E-state index contributed by atoms with van der Waals surface area (Å²) in [6.07, 6.45) is -3.70. The Balaban J connectivity index is 1.87. The van der Waals surface area contributed by atoms with Crippen molar-refractivity contribution in [3.63, 3.8) is 0 Å². The van der Waals surface area contributed by atoms with E-state index in [0.717, 1.165) is 6.07 Å². The molecule has 7 nitrogen and oxygen atoms in total. The monoisotopic (exact) mass is 365 g/mol. The minimum Gasteiger partial charge on any atom is -0.395 e. The first kappa shape index (κ1) is 17.8. The summed E-state index contributed by atoms with van der Waals surface area (Å²) < 4.78 is 35.2. The van der Waals surface area contributed by atoms with Gasteiger partial charge in [-0.3, -0.25) is 9.59 Å².